The molecule has 0 unspecified atom stereocenters. The summed E-state index contributed by atoms with van der Waals surface area (Å²) in [6.07, 6.45) is 1.95. The molecule has 0 bridgehead atoms. The lowest BCUT2D eigenvalue weighted by atomic mass is 10.2. The number of aryl methyl sites for hydroxylation is 1. The first-order valence-electron chi connectivity index (χ1n) is 7.08. The summed E-state index contributed by atoms with van der Waals surface area (Å²) in [4.78, 5) is 10.3. The Morgan fingerprint density at radius 2 is 2.13 bits per heavy atom. The Morgan fingerprint density at radius 3 is 2.83 bits per heavy atom. The van der Waals surface area contributed by atoms with Gasteiger partial charge < -0.3 is 9.47 Å². The lowest BCUT2D eigenvalue weighted by Gasteiger charge is -2.15. The van der Waals surface area contributed by atoms with Crippen LogP contribution in [0.25, 0.3) is 10.2 Å². The van der Waals surface area contributed by atoms with E-state index in [1.807, 2.05) is 22.7 Å². The second-order valence-corrected chi connectivity index (χ2v) is 6.26. The van der Waals surface area contributed by atoms with E-state index in [0.29, 0.717) is 5.52 Å². The zero-order valence-corrected chi connectivity index (χ0v) is 13.2. The van der Waals surface area contributed by atoms with Crippen LogP contribution in [0.3, 0.4) is 0 Å². The summed E-state index contributed by atoms with van der Waals surface area (Å²) in [5.74, 6) is 0. The van der Waals surface area contributed by atoms with Crippen LogP contribution >= 0.6 is 11.3 Å². The van der Waals surface area contributed by atoms with Crippen molar-refractivity contribution in [1.82, 2.24) is 14.5 Å². The Hall–Kier alpha value is -2.09. The third-order valence-corrected chi connectivity index (χ3v) is 4.65. The Kier molecular flexibility index (Phi) is 4.25. The van der Waals surface area contributed by atoms with Crippen molar-refractivity contribution >= 4 is 26.7 Å². The molecule has 23 heavy (non-hydrogen) atoms. The number of fused-ring (bicyclic) bond motifs is 1. The van der Waals surface area contributed by atoms with Crippen LogP contribution in [0, 0.1) is 0 Å². The number of nitrogens with zero attached hydrogens (tertiary/aromatic N) is 4. The van der Waals surface area contributed by atoms with Crippen molar-refractivity contribution in [3.05, 3.63) is 42.5 Å². The van der Waals surface area contributed by atoms with Crippen molar-refractivity contribution < 1.29 is 13.2 Å². The van der Waals surface area contributed by atoms with Gasteiger partial charge in [-0.05, 0) is 24.6 Å². The maximum Gasteiger partial charge on any atom is 0.416 e. The number of imidazole rings is 1. The van der Waals surface area contributed by atoms with Gasteiger partial charge in [-0.15, -0.1) is 0 Å². The van der Waals surface area contributed by atoms with Gasteiger partial charge in [-0.3, -0.25) is 0 Å². The summed E-state index contributed by atoms with van der Waals surface area (Å²) in [6.45, 7) is 1.61. The van der Waals surface area contributed by atoms with Crippen LogP contribution in [0.4, 0.5) is 18.3 Å². The zero-order chi connectivity index (χ0) is 16.4. The first-order valence-corrected chi connectivity index (χ1v) is 7.90. The van der Waals surface area contributed by atoms with E-state index in [0.717, 1.165) is 41.5 Å². The first kappa shape index (κ1) is 15.8. The molecule has 0 N–H and O–H groups in total. The van der Waals surface area contributed by atoms with Gasteiger partial charge >= 0.3 is 6.18 Å². The lowest BCUT2D eigenvalue weighted by Crippen LogP contribution is -2.19. The highest BCUT2D eigenvalue weighted by molar-refractivity contribution is 7.22. The Morgan fingerprint density at radius 1 is 1.30 bits per heavy atom. The maximum atomic E-state index is 12.7. The fourth-order valence-corrected chi connectivity index (χ4v) is 3.19. The largest absolute Gasteiger partial charge is 0.416 e. The molecule has 3 aromatic rings. The number of hydrogen-bond donors (Lipinski definition) is 0. The SMILES string of the molecule is CN(CCCn1ccnc1)c1nc2cc(C(F)(F)F)ccc2s1. The third kappa shape index (κ3) is 3.64. The number of hydrogen-bond acceptors (Lipinski definition) is 4. The molecule has 3 rings (SSSR count). The fourth-order valence-electron chi connectivity index (χ4n) is 2.26. The molecule has 122 valence electrons. The van der Waals surface area contributed by atoms with E-state index >= 15 is 0 Å². The van der Waals surface area contributed by atoms with Gasteiger partial charge in [0.05, 0.1) is 22.1 Å². The molecule has 0 saturated carbocycles. The van der Waals surface area contributed by atoms with Crippen molar-refractivity contribution in [2.75, 3.05) is 18.5 Å². The molecule has 4 nitrogen and oxygen atoms in total. The number of benzene rings is 1. The van der Waals surface area contributed by atoms with E-state index in [2.05, 4.69) is 9.97 Å². The first-order chi connectivity index (χ1) is 10.9. The summed E-state index contributed by atoms with van der Waals surface area (Å²) >= 11 is 1.40. The summed E-state index contributed by atoms with van der Waals surface area (Å²) in [5, 5.41) is 0.727. The van der Waals surface area contributed by atoms with Crippen LogP contribution in [0.5, 0.6) is 0 Å². The Bertz CT molecular complexity index is 780. The topological polar surface area (TPSA) is 34.0 Å². The van der Waals surface area contributed by atoms with Crippen molar-refractivity contribution in [1.29, 1.82) is 0 Å². The molecule has 1 aromatic carbocycles. The number of rotatable bonds is 5. The molecular weight excluding hydrogens is 325 g/mol. The van der Waals surface area contributed by atoms with E-state index in [9.17, 15) is 13.2 Å². The molecule has 0 radical (unpaired) electrons. The standard InChI is InChI=1S/C15H15F3N4S/c1-21(6-2-7-22-8-5-19-10-22)14-20-12-9-11(15(16,17)18)3-4-13(12)23-14/h3-5,8-10H,2,6-7H2,1H3. The second-order valence-electron chi connectivity index (χ2n) is 5.25. The van der Waals surface area contributed by atoms with Gasteiger partial charge in [0.2, 0.25) is 0 Å². The smallest absolute Gasteiger partial charge is 0.351 e. The van der Waals surface area contributed by atoms with Gasteiger partial charge in [0.1, 0.15) is 0 Å². The van der Waals surface area contributed by atoms with E-state index < -0.39 is 11.7 Å². The summed E-state index contributed by atoms with van der Waals surface area (Å²) in [6, 6.07) is 3.69. The third-order valence-electron chi connectivity index (χ3n) is 3.50. The van der Waals surface area contributed by atoms with E-state index in [4.69, 9.17) is 0 Å². The normalized spacial score (nSPS) is 12.0. The number of aromatic nitrogens is 3. The minimum Gasteiger partial charge on any atom is -0.351 e. The Labute approximate surface area is 135 Å². The van der Waals surface area contributed by atoms with E-state index in [-0.39, 0.29) is 0 Å². The number of anilines is 1. The van der Waals surface area contributed by atoms with Crippen molar-refractivity contribution in [2.45, 2.75) is 19.1 Å². The van der Waals surface area contributed by atoms with E-state index in [1.54, 1.807) is 12.5 Å². The van der Waals surface area contributed by atoms with Crippen molar-refractivity contribution in [3.63, 3.8) is 0 Å². The molecule has 8 heteroatoms. The fraction of sp³-hybridized carbons (Fsp3) is 0.333. The highest BCUT2D eigenvalue weighted by Gasteiger charge is 2.30. The highest BCUT2D eigenvalue weighted by atomic mass is 32.1. The molecule has 0 saturated heterocycles. The van der Waals surface area contributed by atoms with Gasteiger partial charge in [0, 0.05) is 32.5 Å². The molecule has 0 aliphatic carbocycles. The van der Waals surface area contributed by atoms with Crippen LogP contribution in [-0.2, 0) is 12.7 Å². The quantitative estimate of drug-likeness (QED) is 0.703. The monoisotopic (exact) mass is 340 g/mol. The average molecular weight is 340 g/mol. The molecule has 2 aromatic heterocycles. The zero-order valence-electron chi connectivity index (χ0n) is 12.4. The molecular formula is C15H15F3N4S. The predicted octanol–water partition coefficient (Wildman–Crippen LogP) is 4.04. The van der Waals surface area contributed by atoms with Crippen LogP contribution in [0.1, 0.15) is 12.0 Å². The molecule has 0 aliphatic rings. The maximum absolute atomic E-state index is 12.7. The molecule has 0 spiro atoms. The van der Waals surface area contributed by atoms with Crippen LogP contribution < -0.4 is 4.90 Å². The van der Waals surface area contributed by atoms with Crippen molar-refractivity contribution in [2.24, 2.45) is 0 Å². The van der Waals surface area contributed by atoms with Gasteiger partial charge in [-0.2, -0.15) is 13.2 Å². The van der Waals surface area contributed by atoms with Gasteiger partial charge in [-0.25, -0.2) is 9.97 Å². The minimum atomic E-state index is -4.34. The van der Waals surface area contributed by atoms with Crippen LogP contribution in [-0.4, -0.2) is 28.1 Å². The lowest BCUT2D eigenvalue weighted by molar-refractivity contribution is -0.137. The summed E-state index contributed by atoms with van der Waals surface area (Å²) in [5.41, 5.74) is -0.272. The second kappa shape index (κ2) is 6.19. The molecule has 0 atom stereocenters. The Balaban J connectivity index is 1.69. The average Bonchev–Trinajstić information content (AvgIpc) is 3.14. The predicted molar refractivity (Wildman–Crippen MR) is 84.7 cm³/mol. The van der Waals surface area contributed by atoms with Crippen molar-refractivity contribution in [3.8, 4) is 0 Å². The molecule has 2 heterocycles. The molecule has 0 amide bonds. The minimum absolute atomic E-state index is 0.390. The molecule has 0 aliphatic heterocycles. The van der Waals surface area contributed by atoms with Crippen LogP contribution in [0.15, 0.2) is 36.9 Å². The van der Waals surface area contributed by atoms with Crippen LogP contribution in [0.2, 0.25) is 0 Å². The summed E-state index contributed by atoms with van der Waals surface area (Å²) < 4.78 is 41.0. The molecule has 0 fully saturated rings. The van der Waals surface area contributed by atoms with E-state index in [1.165, 1.54) is 17.4 Å². The van der Waals surface area contributed by atoms with Gasteiger partial charge in [0.25, 0.3) is 0 Å². The number of alkyl halides is 3. The number of halogens is 3. The highest BCUT2D eigenvalue weighted by Crippen LogP contribution is 2.34. The summed E-state index contributed by atoms with van der Waals surface area (Å²) in [7, 11) is 1.90. The van der Waals surface area contributed by atoms with Gasteiger partial charge in [-0.1, -0.05) is 11.3 Å². The number of thiazole rings is 1. The van der Waals surface area contributed by atoms with Gasteiger partial charge in [0.15, 0.2) is 5.13 Å².